The minimum Gasteiger partial charge on any atom is -0.444 e. The molecule has 0 aliphatic heterocycles. The molecule has 1 unspecified atom stereocenters. The van der Waals surface area contributed by atoms with Gasteiger partial charge in [0.1, 0.15) is 5.60 Å². The minimum atomic E-state index is -0.532. The van der Waals surface area contributed by atoms with Crippen LogP contribution in [0.5, 0.6) is 0 Å². The fourth-order valence-electron chi connectivity index (χ4n) is 2.68. The van der Waals surface area contributed by atoms with Gasteiger partial charge in [0.15, 0.2) is 0 Å². The molecule has 26 heavy (non-hydrogen) atoms. The molecule has 4 heteroatoms. The van der Waals surface area contributed by atoms with Crippen LogP contribution in [0.1, 0.15) is 50.8 Å². The van der Waals surface area contributed by atoms with Gasteiger partial charge in [0.2, 0.25) is 0 Å². The Balaban J connectivity index is 1.95. The molecule has 140 valence electrons. The summed E-state index contributed by atoms with van der Waals surface area (Å²) in [5.41, 5.74) is 1.43. The third kappa shape index (κ3) is 6.89. The van der Waals surface area contributed by atoms with Gasteiger partial charge in [-0.2, -0.15) is 0 Å². The lowest BCUT2D eigenvalue weighted by atomic mass is 10.0. The lowest BCUT2D eigenvalue weighted by Crippen LogP contribution is -2.37. The summed E-state index contributed by atoms with van der Waals surface area (Å²) in [6.45, 7) is 6.63. The maximum absolute atomic E-state index is 12.6. The highest BCUT2D eigenvalue weighted by molar-refractivity contribution is 5.68. The minimum absolute atomic E-state index is 0.324. The van der Waals surface area contributed by atoms with Gasteiger partial charge < -0.3 is 14.7 Å². The van der Waals surface area contributed by atoms with E-state index in [1.54, 1.807) is 4.90 Å². The summed E-state index contributed by atoms with van der Waals surface area (Å²) in [4.78, 5) is 14.3. The van der Waals surface area contributed by atoms with Crippen molar-refractivity contribution >= 4 is 6.09 Å². The molecule has 0 aliphatic carbocycles. The number of amides is 1. The van der Waals surface area contributed by atoms with Crippen molar-refractivity contribution in [1.29, 1.82) is 0 Å². The molecule has 0 aromatic heterocycles. The Hall–Kier alpha value is -2.33. The number of hydrogen-bond donors (Lipinski definition) is 1. The average molecular weight is 355 g/mol. The molecular weight excluding hydrogens is 326 g/mol. The molecule has 2 rings (SSSR count). The van der Waals surface area contributed by atoms with Crippen molar-refractivity contribution in [2.75, 3.05) is 6.54 Å². The van der Waals surface area contributed by atoms with Crippen LogP contribution in [0.25, 0.3) is 0 Å². The van der Waals surface area contributed by atoms with Gasteiger partial charge in [0.05, 0.1) is 6.10 Å². The van der Waals surface area contributed by atoms with Gasteiger partial charge in [-0.25, -0.2) is 4.79 Å². The predicted octanol–water partition coefficient (Wildman–Crippen LogP) is 4.94. The fraction of sp³-hybridized carbons (Fsp3) is 0.409. The molecule has 2 aromatic carbocycles. The van der Waals surface area contributed by atoms with Crippen molar-refractivity contribution in [2.24, 2.45) is 0 Å². The third-order valence-electron chi connectivity index (χ3n) is 3.96. The van der Waals surface area contributed by atoms with Crippen LogP contribution in [0.15, 0.2) is 60.7 Å². The fourth-order valence-corrected chi connectivity index (χ4v) is 2.68. The van der Waals surface area contributed by atoms with Crippen LogP contribution in [0.2, 0.25) is 0 Å². The molecule has 4 nitrogen and oxygen atoms in total. The average Bonchev–Trinajstić information content (AvgIpc) is 2.61. The first-order valence-corrected chi connectivity index (χ1v) is 9.10. The van der Waals surface area contributed by atoms with E-state index < -0.39 is 11.7 Å². The SMILES string of the molecule is CC(C)(C)OC(=O)N(CCCC(O)c1ccccc1)Cc1ccccc1. The van der Waals surface area contributed by atoms with Crippen LogP contribution in [-0.2, 0) is 11.3 Å². The number of aliphatic hydroxyl groups is 1. The molecule has 1 amide bonds. The van der Waals surface area contributed by atoms with E-state index in [2.05, 4.69) is 0 Å². The van der Waals surface area contributed by atoms with Crippen LogP contribution in [0, 0.1) is 0 Å². The van der Waals surface area contributed by atoms with Crippen molar-refractivity contribution < 1.29 is 14.6 Å². The number of rotatable bonds is 7. The molecule has 0 saturated heterocycles. The van der Waals surface area contributed by atoms with Crippen molar-refractivity contribution in [3.05, 3.63) is 71.8 Å². The summed E-state index contributed by atoms with van der Waals surface area (Å²) in [5, 5.41) is 10.3. The quantitative estimate of drug-likeness (QED) is 0.765. The third-order valence-corrected chi connectivity index (χ3v) is 3.96. The van der Waals surface area contributed by atoms with Gasteiger partial charge in [0, 0.05) is 13.1 Å². The molecule has 2 aromatic rings. The number of nitrogens with zero attached hydrogens (tertiary/aromatic N) is 1. The predicted molar refractivity (Wildman–Crippen MR) is 104 cm³/mol. The second kappa shape index (κ2) is 9.39. The van der Waals surface area contributed by atoms with E-state index in [4.69, 9.17) is 4.74 Å². The van der Waals surface area contributed by atoms with Gasteiger partial charge in [-0.05, 0) is 44.7 Å². The first-order chi connectivity index (χ1) is 12.3. The lowest BCUT2D eigenvalue weighted by molar-refractivity contribution is 0.0222. The highest BCUT2D eigenvalue weighted by Crippen LogP contribution is 2.19. The maximum Gasteiger partial charge on any atom is 0.410 e. The van der Waals surface area contributed by atoms with Gasteiger partial charge >= 0.3 is 6.09 Å². The number of ether oxygens (including phenoxy) is 1. The Bertz CT molecular complexity index is 665. The van der Waals surface area contributed by atoms with Crippen molar-refractivity contribution in [3.8, 4) is 0 Å². The zero-order chi connectivity index (χ0) is 19.0. The Labute approximate surface area is 156 Å². The Morgan fingerprint density at radius 2 is 1.62 bits per heavy atom. The standard InChI is InChI=1S/C22H29NO3/c1-22(2,3)26-21(25)23(17-18-11-6-4-7-12-18)16-10-15-20(24)19-13-8-5-9-14-19/h4-9,11-14,20,24H,10,15-17H2,1-3H3. The number of benzene rings is 2. The Morgan fingerprint density at radius 1 is 1.04 bits per heavy atom. The zero-order valence-electron chi connectivity index (χ0n) is 15.9. The molecule has 1 N–H and O–H groups in total. The summed E-state index contributed by atoms with van der Waals surface area (Å²) in [6.07, 6.45) is 0.448. The molecule has 0 saturated carbocycles. The van der Waals surface area contributed by atoms with E-state index in [9.17, 15) is 9.90 Å². The maximum atomic E-state index is 12.6. The zero-order valence-corrected chi connectivity index (χ0v) is 15.9. The second-order valence-electron chi connectivity index (χ2n) is 7.46. The van der Waals surface area contributed by atoms with Gasteiger partial charge in [0.25, 0.3) is 0 Å². The summed E-state index contributed by atoms with van der Waals surface area (Å²) in [5.74, 6) is 0. The molecule has 0 spiro atoms. The van der Waals surface area contributed by atoms with E-state index in [1.807, 2.05) is 81.4 Å². The smallest absolute Gasteiger partial charge is 0.410 e. The molecule has 0 radical (unpaired) electrons. The number of carbonyl (C=O) groups is 1. The van der Waals surface area contributed by atoms with E-state index >= 15 is 0 Å². The van der Waals surface area contributed by atoms with Gasteiger partial charge in [-0.15, -0.1) is 0 Å². The van der Waals surface area contributed by atoms with E-state index in [0.29, 0.717) is 25.9 Å². The van der Waals surface area contributed by atoms with Crippen molar-refractivity contribution in [1.82, 2.24) is 4.90 Å². The first kappa shape index (κ1) is 20.0. The first-order valence-electron chi connectivity index (χ1n) is 9.10. The van der Waals surface area contributed by atoms with Crippen molar-refractivity contribution in [2.45, 2.75) is 51.9 Å². The van der Waals surface area contributed by atoms with Crippen LogP contribution >= 0.6 is 0 Å². The lowest BCUT2D eigenvalue weighted by Gasteiger charge is -2.28. The summed E-state index contributed by atoms with van der Waals surface area (Å²) < 4.78 is 5.54. The molecular formula is C22H29NO3. The molecule has 0 fully saturated rings. The Kier molecular flexibility index (Phi) is 7.22. The van der Waals surface area contributed by atoms with E-state index in [1.165, 1.54) is 0 Å². The molecule has 0 aliphatic rings. The number of carbonyl (C=O) groups excluding carboxylic acids is 1. The summed E-state index contributed by atoms with van der Waals surface area (Å²) >= 11 is 0. The highest BCUT2D eigenvalue weighted by Gasteiger charge is 2.22. The van der Waals surface area contributed by atoms with Crippen LogP contribution in [-0.4, -0.2) is 28.2 Å². The highest BCUT2D eigenvalue weighted by atomic mass is 16.6. The largest absolute Gasteiger partial charge is 0.444 e. The summed E-state index contributed by atoms with van der Waals surface area (Å²) in [6, 6.07) is 19.5. The van der Waals surface area contributed by atoms with Crippen LogP contribution in [0.4, 0.5) is 4.79 Å². The van der Waals surface area contributed by atoms with Gasteiger partial charge in [-0.3, -0.25) is 0 Å². The normalized spacial score (nSPS) is 12.5. The van der Waals surface area contributed by atoms with Gasteiger partial charge in [-0.1, -0.05) is 60.7 Å². The molecule has 0 bridgehead atoms. The molecule has 0 heterocycles. The second-order valence-corrected chi connectivity index (χ2v) is 7.46. The van der Waals surface area contributed by atoms with Crippen molar-refractivity contribution in [3.63, 3.8) is 0 Å². The van der Waals surface area contributed by atoms with Crippen LogP contribution in [0.3, 0.4) is 0 Å². The van der Waals surface area contributed by atoms with Crippen LogP contribution < -0.4 is 0 Å². The Morgan fingerprint density at radius 3 is 2.19 bits per heavy atom. The topological polar surface area (TPSA) is 49.8 Å². The van der Waals surface area contributed by atoms with E-state index in [-0.39, 0.29) is 6.09 Å². The number of aliphatic hydroxyl groups excluding tert-OH is 1. The monoisotopic (exact) mass is 355 g/mol. The van der Waals surface area contributed by atoms with E-state index in [0.717, 1.165) is 11.1 Å². The molecule has 1 atom stereocenters. The number of hydrogen-bond acceptors (Lipinski definition) is 3. The summed E-state index contributed by atoms with van der Waals surface area (Å²) in [7, 11) is 0.